The second-order valence-electron chi connectivity index (χ2n) is 3.86. The number of hydrogen-bond donors (Lipinski definition) is 1. The van der Waals surface area contributed by atoms with E-state index in [-0.39, 0.29) is 5.57 Å². The van der Waals surface area contributed by atoms with Gasteiger partial charge in [-0.2, -0.15) is 10.5 Å². The fourth-order valence-corrected chi connectivity index (χ4v) is 1.32. The number of hydrogen-bond acceptors (Lipinski definition) is 4. The van der Waals surface area contributed by atoms with Gasteiger partial charge in [0.1, 0.15) is 17.7 Å². The number of nitrogens with zero attached hydrogens (tertiary/aromatic N) is 3. The Morgan fingerprint density at radius 1 is 1.24 bits per heavy atom. The van der Waals surface area contributed by atoms with Gasteiger partial charge in [-0.15, -0.1) is 0 Å². The van der Waals surface area contributed by atoms with Crippen molar-refractivity contribution in [3.63, 3.8) is 0 Å². The molecule has 0 spiro atoms. The van der Waals surface area contributed by atoms with Crippen LogP contribution in [0.1, 0.15) is 5.56 Å². The van der Waals surface area contributed by atoms with Gasteiger partial charge in [0, 0.05) is 18.4 Å². The van der Waals surface area contributed by atoms with Gasteiger partial charge in [-0.3, -0.25) is 0 Å². The Balaban J connectivity index is 2.67. The summed E-state index contributed by atoms with van der Waals surface area (Å²) in [5.41, 5.74) is 2.13. The molecule has 0 fully saturated rings. The van der Waals surface area contributed by atoms with E-state index in [0.29, 0.717) is 0 Å². The average molecular weight is 226 g/mol. The lowest BCUT2D eigenvalue weighted by atomic mass is 10.2. The van der Waals surface area contributed by atoms with Crippen molar-refractivity contribution in [2.75, 3.05) is 19.4 Å². The third-order valence-corrected chi connectivity index (χ3v) is 2.08. The Morgan fingerprint density at radius 2 is 1.82 bits per heavy atom. The molecule has 86 valence electrons. The Morgan fingerprint density at radius 3 is 2.29 bits per heavy atom. The molecular weight excluding hydrogens is 212 g/mol. The smallest absolute Gasteiger partial charge is 0.145 e. The van der Waals surface area contributed by atoms with E-state index < -0.39 is 0 Å². The third-order valence-electron chi connectivity index (χ3n) is 2.08. The van der Waals surface area contributed by atoms with Gasteiger partial charge in [0.2, 0.25) is 0 Å². The van der Waals surface area contributed by atoms with Crippen molar-refractivity contribution in [3.05, 3.63) is 41.6 Å². The number of nitrogens with one attached hydrogen (secondary N) is 1. The zero-order chi connectivity index (χ0) is 12.7. The summed E-state index contributed by atoms with van der Waals surface area (Å²) in [6, 6.07) is 11.4. The molecule has 0 radical (unpaired) electrons. The maximum atomic E-state index is 8.56. The van der Waals surface area contributed by atoms with Crippen LogP contribution in [0, 0.1) is 22.7 Å². The quantitative estimate of drug-likeness (QED) is 0.798. The fourth-order valence-electron chi connectivity index (χ4n) is 1.32. The highest BCUT2D eigenvalue weighted by molar-refractivity contribution is 5.50. The minimum Gasteiger partial charge on any atom is -0.360 e. The number of nitriles is 2. The van der Waals surface area contributed by atoms with Gasteiger partial charge in [-0.25, -0.2) is 0 Å². The van der Waals surface area contributed by atoms with Crippen molar-refractivity contribution in [1.29, 1.82) is 10.5 Å². The Hall–Kier alpha value is -2.30. The first-order valence-corrected chi connectivity index (χ1v) is 5.16. The first-order valence-electron chi connectivity index (χ1n) is 5.16. The predicted octanol–water partition coefficient (Wildman–Crippen LogP) is 2.09. The minimum atomic E-state index is 0.0577. The largest absolute Gasteiger partial charge is 0.360 e. The molecule has 0 aliphatic rings. The molecule has 17 heavy (non-hydrogen) atoms. The summed E-state index contributed by atoms with van der Waals surface area (Å²) in [7, 11) is 4.03. The second-order valence-corrected chi connectivity index (χ2v) is 3.86. The molecule has 0 amide bonds. The van der Waals surface area contributed by atoms with E-state index in [9.17, 15) is 0 Å². The molecule has 1 aromatic rings. The molecule has 0 aliphatic carbocycles. The van der Waals surface area contributed by atoms with E-state index in [2.05, 4.69) is 10.2 Å². The Kier molecular flexibility index (Phi) is 4.75. The van der Waals surface area contributed by atoms with Crippen LogP contribution in [0.15, 0.2) is 36.0 Å². The molecule has 0 unspecified atom stereocenters. The van der Waals surface area contributed by atoms with Crippen molar-refractivity contribution in [3.8, 4) is 12.1 Å². The highest BCUT2D eigenvalue weighted by atomic mass is 15.0. The SMILES string of the molecule is CN(C)Cc1ccc(NC=C(C#N)C#N)cc1. The molecule has 0 atom stereocenters. The maximum absolute atomic E-state index is 8.56. The molecule has 0 saturated heterocycles. The van der Waals surface area contributed by atoms with Gasteiger partial charge in [0.25, 0.3) is 0 Å². The van der Waals surface area contributed by atoms with Crippen LogP contribution in [0.25, 0.3) is 0 Å². The molecular formula is C13H14N4. The predicted molar refractivity (Wildman–Crippen MR) is 66.8 cm³/mol. The molecule has 1 N–H and O–H groups in total. The monoisotopic (exact) mass is 226 g/mol. The summed E-state index contributed by atoms with van der Waals surface area (Å²) in [6.45, 7) is 0.887. The van der Waals surface area contributed by atoms with E-state index in [1.54, 1.807) is 12.1 Å². The summed E-state index contributed by atoms with van der Waals surface area (Å²) >= 11 is 0. The molecule has 0 aromatic heterocycles. The topological polar surface area (TPSA) is 62.9 Å². The maximum Gasteiger partial charge on any atom is 0.145 e. The van der Waals surface area contributed by atoms with E-state index >= 15 is 0 Å². The van der Waals surface area contributed by atoms with E-state index in [1.807, 2.05) is 38.4 Å². The number of allylic oxidation sites excluding steroid dienone is 1. The number of rotatable bonds is 4. The number of benzene rings is 1. The van der Waals surface area contributed by atoms with Crippen LogP contribution in [0.3, 0.4) is 0 Å². The lowest BCUT2D eigenvalue weighted by Gasteiger charge is -2.09. The zero-order valence-electron chi connectivity index (χ0n) is 9.94. The van der Waals surface area contributed by atoms with Crippen LogP contribution in [0.2, 0.25) is 0 Å². The molecule has 4 nitrogen and oxygen atoms in total. The van der Waals surface area contributed by atoms with E-state index in [4.69, 9.17) is 10.5 Å². The van der Waals surface area contributed by atoms with Crippen LogP contribution in [0.4, 0.5) is 5.69 Å². The summed E-state index contributed by atoms with van der Waals surface area (Å²) < 4.78 is 0. The van der Waals surface area contributed by atoms with Crippen LogP contribution in [0.5, 0.6) is 0 Å². The minimum absolute atomic E-state index is 0.0577. The van der Waals surface area contributed by atoms with Gasteiger partial charge >= 0.3 is 0 Å². The summed E-state index contributed by atoms with van der Waals surface area (Å²) in [6.07, 6.45) is 1.40. The Bertz CT molecular complexity index is 456. The van der Waals surface area contributed by atoms with Gasteiger partial charge in [-0.1, -0.05) is 12.1 Å². The van der Waals surface area contributed by atoms with Crippen LogP contribution < -0.4 is 5.32 Å². The summed E-state index contributed by atoms with van der Waals surface area (Å²) in [5.74, 6) is 0. The van der Waals surface area contributed by atoms with Crippen LogP contribution >= 0.6 is 0 Å². The first kappa shape index (κ1) is 12.8. The lowest BCUT2D eigenvalue weighted by Crippen LogP contribution is -2.10. The molecule has 0 heterocycles. The standard InChI is InChI=1S/C13H14N4/c1-17(2)10-11-3-5-13(6-4-11)16-9-12(7-14)8-15/h3-6,9,16H,10H2,1-2H3. The second kappa shape index (κ2) is 6.32. The zero-order valence-corrected chi connectivity index (χ0v) is 9.94. The molecule has 0 saturated carbocycles. The van der Waals surface area contributed by atoms with Crippen molar-refractivity contribution in [1.82, 2.24) is 4.90 Å². The summed E-state index contributed by atoms with van der Waals surface area (Å²) in [4.78, 5) is 2.09. The summed E-state index contributed by atoms with van der Waals surface area (Å²) in [5, 5.41) is 20.0. The van der Waals surface area contributed by atoms with Crippen molar-refractivity contribution in [2.45, 2.75) is 6.54 Å². The molecule has 1 rings (SSSR count). The number of anilines is 1. The molecule has 0 bridgehead atoms. The van der Waals surface area contributed by atoms with Crippen molar-refractivity contribution >= 4 is 5.69 Å². The van der Waals surface area contributed by atoms with E-state index in [0.717, 1.165) is 12.2 Å². The Labute approximate surface area is 101 Å². The average Bonchev–Trinajstić information content (AvgIpc) is 2.32. The third kappa shape index (κ3) is 4.38. The highest BCUT2D eigenvalue weighted by Crippen LogP contribution is 2.11. The molecule has 4 heteroatoms. The van der Waals surface area contributed by atoms with Gasteiger partial charge in [0.05, 0.1) is 0 Å². The van der Waals surface area contributed by atoms with Gasteiger partial charge < -0.3 is 10.2 Å². The molecule has 1 aromatic carbocycles. The normalized spacial score (nSPS) is 9.24. The first-order chi connectivity index (χ1) is 8.15. The lowest BCUT2D eigenvalue weighted by molar-refractivity contribution is 0.402. The van der Waals surface area contributed by atoms with Gasteiger partial charge in [-0.05, 0) is 31.8 Å². The van der Waals surface area contributed by atoms with Crippen molar-refractivity contribution < 1.29 is 0 Å². The van der Waals surface area contributed by atoms with Crippen molar-refractivity contribution in [2.24, 2.45) is 0 Å². The highest BCUT2D eigenvalue weighted by Gasteiger charge is 1.96. The fraction of sp³-hybridized carbons (Fsp3) is 0.231. The van der Waals surface area contributed by atoms with Crippen LogP contribution in [-0.4, -0.2) is 19.0 Å². The van der Waals surface area contributed by atoms with Crippen LogP contribution in [-0.2, 0) is 6.54 Å². The van der Waals surface area contributed by atoms with Gasteiger partial charge in [0.15, 0.2) is 0 Å². The van der Waals surface area contributed by atoms with E-state index in [1.165, 1.54) is 11.8 Å². The molecule has 0 aliphatic heterocycles.